The summed E-state index contributed by atoms with van der Waals surface area (Å²) in [5.74, 6) is 0.332. The Morgan fingerprint density at radius 3 is 2.11 bits per heavy atom. The second kappa shape index (κ2) is 7.54. The largest absolute Gasteiger partial charge is 0.296 e. The van der Waals surface area contributed by atoms with Gasteiger partial charge in [-0.2, -0.15) is 8.42 Å². The molecule has 0 amide bonds. The van der Waals surface area contributed by atoms with Gasteiger partial charge in [-0.05, 0) is 30.9 Å². The van der Waals surface area contributed by atoms with Gasteiger partial charge >= 0.3 is 0 Å². The van der Waals surface area contributed by atoms with Crippen molar-refractivity contribution < 1.29 is 12.6 Å². The van der Waals surface area contributed by atoms with Gasteiger partial charge in [-0.25, -0.2) is 0 Å². The molecule has 0 aliphatic carbocycles. The Labute approximate surface area is 110 Å². The van der Waals surface area contributed by atoms with Crippen LogP contribution in [0.3, 0.4) is 0 Å². The van der Waals surface area contributed by atoms with E-state index in [1.54, 1.807) is 30.3 Å². The first-order valence-electron chi connectivity index (χ1n) is 6.54. The molecule has 4 heteroatoms. The minimum absolute atomic E-state index is 0.233. The van der Waals surface area contributed by atoms with E-state index >= 15 is 0 Å². The van der Waals surface area contributed by atoms with E-state index in [2.05, 4.69) is 13.8 Å². The molecule has 0 unspecified atom stereocenters. The van der Waals surface area contributed by atoms with Gasteiger partial charge in [0.25, 0.3) is 10.1 Å². The zero-order chi connectivity index (χ0) is 13.4. The van der Waals surface area contributed by atoms with Crippen molar-refractivity contribution >= 4 is 10.1 Å². The molecule has 102 valence electrons. The lowest BCUT2D eigenvalue weighted by molar-refractivity contribution is 0.235. The minimum atomic E-state index is -3.59. The Hall–Kier alpha value is -0.870. The summed E-state index contributed by atoms with van der Waals surface area (Å²) in [4.78, 5) is 0.233. The number of hydrogen-bond acceptors (Lipinski definition) is 3. The third kappa shape index (κ3) is 4.78. The smallest absolute Gasteiger partial charge is 0.266 e. The lowest BCUT2D eigenvalue weighted by Gasteiger charge is -2.15. The molecule has 0 atom stereocenters. The first kappa shape index (κ1) is 15.2. The summed E-state index contributed by atoms with van der Waals surface area (Å²) in [6.45, 7) is 4.50. The SMILES string of the molecule is CCCC(CCC)COS(=O)(=O)c1ccccc1. The van der Waals surface area contributed by atoms with Crippen molar-refractivity contribution in [3.8, 4) is 0 Å². The number of hydrogen-bond donors (Lipinski definition) is 0. The fourth-order valence-corrected chi connectivity index (χ4v) is 2.97. The molecule has 0 aliphatic heterocycles. The van der Waals surface area contributed by atoms with Crippen LogP contribution in [0.5, 0.6) is 0 Å². The summed E-state index contributed by atoms with van der Waals surface area (Å²) in [5.41, 5.74) is 0. The highest BCUT2D eigenvalue weighted by Crippen LogP contribution is 2.18. The van der Waals surface area contributed by atoms with Gasteiger partial charge in [0.2, 0.25) is 0 Å². The second-order valence-corrected chi connectivity index (χ2v) is 6.11. The average molecular weight is 270 g/mol. The van der Waals surface area contributed by atoms with Crippen molar-refractivity contribution in [2.24, 2.45) is 5.92 Å². The van der Waals surface area contributed by atoms with Crippen LogP contribution in [0, 0.1) is 5.92 Å². The van der Waals surface area contributed by atoms with E-state index in [0.717, 1.165) is 25.7 Å². The summed E-state index contributed by atoms with van der Waals surface area (Å²) in [7, 11) is -3.59. The quantitative estimate of drug-likeness (QED) is 0.678. The van der Waals surface area contributed by atoms with E-state index in [1.165, 1.54) is 0 Å². The topological polar surface area (TPSA) is 43.4 Å². The molecule has 0 heterocycles. The Balaban J connectivity index is 2.61. The lowest BCUT2D eigenvalue weighted by atomic mass is 10.00. The van der Waals surface area contributed by atoms with Crippen LogP contribution in [0.2, 0.25) is 0 Å². The highest BCUT2D eigenvalue weighted by atomic mass is 32.2. The Kier molecular flexibility index (Phi) is 6.36. The average Bonchev–Trinajstić information content (AvgIpc) is 2.38. The molecular formula is C14H22O3S. The normalized spacial score (nSPS) is 11.9. The highest BCUT2D eigenvalue weighted by Gasteiger charge is 2.17. The maximum Gasteiger partial charge on any atom is 0.296 e. The zero-order valence-corrected chi connectivity index (χ0v) is 11.9. The third-order valence-corrected chi connectivity index (χ3v) is 4.18. The van der Waals surface area contributed by atoms with Crippen LogP contribution in [0.15, 0.2) is 35.2 Å². The maximum atomic E-state index is 11.9. The molecule has 0 saturated carbocycles. The van der Waals surface area contributed by atoms with Gasteiger partial charge in [-0.15, -0.1) is 0 Å². The summed E-state index contributed by atoms with van der Waals surface area (Å²) in [6, 6.07) is 8.31. The summed E-state index contributed by atoms with van der Waals surface area (Å²) in [5, 5.41) is 0. The minimum Gasteiger partial charge on any atom is -0.266 e. The first-order valence-corrected chi connectivity index (χ1v) is 7.95. The van der Waals surface area contributed by atoms with E-state index in [0.29, 0.717) is 12.5 Å². The van der Waals surface area contributed by atoms with E-state index < -0.39 is 10.1 Å². The molecular weight excluding hydrogens is 248 g/mol. The summed E-state index contributed by atoms with van der Waals surface area (Å²) < 4.78 is 29.0. The van der Waals surface area contributed by atoms with Crippen molar-refractivity contribution in [3.63, 3.8) is 0 Å². The fraction of sp³-hybridized carbons (Fsp3) is 0.571. The molecule has 0 aliphatic rings. The van der Waals surface area contributed by atoms with Crippen LogP contribution < -0.4 is 0 Å². The summed E-state index contributed by atoms with van der Waals surface area (Å²) >= 11 is 0. The van der Waals surface area contributed by atoms with Gasteiger partial charge in [-0.1, -0.05) is 44.9 Å². The van der Waals surface area contributed by atoms with Crippen molar-refractivity contribution in [2.45, 2.75) is 44.4 Å². The van der Waals surface area contributed by atoms with Crippen LogP contribution >= 0.6 is 0 Å². The molecule has 0 N–H and O–H groups in total. The molecule has 18 heavy (non-hydrogen) atoms. The van der Waals surface area contributed by atoms with Crippen molar-refractivity contribution in [1.82, 2.24) is 0 Å². The van der Waals surface area contributed by atoms with Crippen LogP contribution in [0.4, 0.5) is 0 Å². The van der Waals surface area contributed by atoms with Crippen LogP contribution in [0.1, 0.15) is 39.5 Å². The van der Waals surface area contributed by atoms with Crippen LogP contribution in [0.25, 0.3) is 0 Å². The van der Waals surface area contributed by atoms with E-state index in [4.69, 9.17) is 4.18 Å². The molecule has 3 nitrogen and oxygen atoms in total. The van der Waals surface area contributed by atoms with Gasteiger partial charge in [0, 0.05) is 0 Å². The lowest BCUT2D eigenvalue weighted by Crippen LogP contribution is -2.14. The van der Waals surface area contributed by atoms with Gasteiger partial charge < -0.3 is 0 Å². The predicted octanol–water partition coefficient (Wildman–Crippen LogP) is 3.61. The molecule has 0 aromatic heterocycles. The molecule has 1 aromatic rings. The molecule has 1 aromatic carbocycles. The molecule has 0 spiro atoms. The molecule has 0 radical (unpaired) electrons. The van der Waals surface area contributed by atoms with Gasteiger partial charge in [-0.3, -0.25) is 4.18 Å². The highest BCUT2D eigenvalue weighted by molar-refractivity contribution is 7.86. The predicted molar refractivity (Wildman–Crippen MR) is 72.9 cm³/mol. The van der Waals surface area contributed by atoms with Crippen LogP contribution in [-0.4, -0.2) is 15.0 Å². The first-order chi connectivity index (χ1) is 8.60. The fourth-order valence-electron chi connectivity index (χ4n) is 1.97. The van der Waals surface area contributed by atoms with Gasteiger partial charge in [0.15, 0.2) is 0 Å². The van der Waals surface area contributed by atoms with Crippen molar-refractivity contribution in [2.75, 3.05) is 6.61 Å². The van der Waals surface area contributed by atoms with Gasteiger partial charge in [0.1, 0.15) is 0 Å². The number of benzene rings is 1. The standard InChI is InChI=1S/C14H22O3S/c1-3-8-13(9-4-2)12-17-18(15,16)14-10-6-5-7-11-14/h5-7,10-11,13H,3-4,8-9,12H2,1-2H3. The Bertz CT molecular complexity index is 420. The second-order valence-electron chi connectivity index (χ2n) is 4.50. The van der Waals surface area contributed by atoms with Crippen molar-refractivity contribution in [1.29, 1.82) is 0 Å². The number of rotatable bonds is 8. The Morgan fingerprint density at radius 1 is 1.06 bits per heavy atom. The molecule has 0 fully saturated rings. The maximum absolute atomic E-state index is 11.9. The molecule has 0 saturated heterocycles. The van der Waals surface area contributed by atoms with E-state index in [1.807, 2.05) is 0 Å². The van der Waals surface area contributed by atoms with E-state index in [-0.39, 0.29) is 4.90 Å². The molecule has 0 bridgehead atoms. The molecule has 1 rings (SSSR count). The van der Waals surface area contributed by atoms with Crippen LogP contribution in [-0.2, 0) is 14.3 Å². The van der Waals surface area contributed by atoms with Gasteiger partial charge in [0.05, 0.1) is 11.5 Å². The Morgan fingerprint density at radius 2 is 1.61 bits per heavy atom. The van der Waals surface area contributed by atoms with Crippen molar-refractivity contribution in [3.05, 3.63) is 30.3 Å². The third-order valence-electron chi connectivity index (χ3n) is 2.88. The zero-order valence-electron chi connectivity index (χ0n) is 11.1. The van der Waals surface area contributed by atoms with E-state index in [9.17, 15) is 8.42 Å². The summed E-state index contributed by atoms with van der Waals surface area (Å²) in [6.07, 6.45) is 4.13. The monoisotopic (exact) mass is 270 g/mol.